The second-order valence-corrected chi connectivity index (χ2v) is 5.54. The van der Waals surface area contributed by atoms with Crippen molar-refractivity contribution < 1.29 is 22.6 Å². The molecule has 0 saturated carbocycles. The average molecular weight is 309 g/mol. The van der Waals surface area contributed by atoms with Gasteiger partial charge in [0.25, 0.3) is 0 Å². The van der Waals surface area contributed by atoms with Crippen LogP contribution in [0.25, 0.3) is 0 Å². The highest BCUT2D eigenvalue weighted by Gasteiger charge is 2.37. The molecule has 20 heavy (non-hydrogen) atoms. The van der Waals surface area contributed by atoms with Crippen LogP contribution in [0.3, 0.4) is 0 Å². The molecular weight excluding hydrogens is 291 g/mol. The molecule has 1 aromatic rings. The van der Waals surface area contributed by atoms with E-state index >= 15 is 0 Å². The third kappa shape index (κ3) is 4.21. The fourth-order valence-corrected chi connectivity index (χ4v) is 2.58. The minimum atomic E-state index is -4.27. The summed E-state index contributed by atoms with van der Waals surface area (Å²) in [6.07, 6.45) is -3.70. The van der Waals surface area contributed by atoms with Crippen LogP contribution < -0.4 is 15.2 Å². The van der Waals surface area contributed by atoms with Crippen LogP contribution in [0, 0.1) is 0 Å². The van der Waals surface area contributed by atoms with E-state index < -0.39 is 11.4 Å². The van der Waals surface area contributed by atoms with E-state index in [1.807, 2.05) is 0 Å². The zero-order valence-corrected chi connectivity index (χ0v) is 12.4. The predicted molar refractivity (Wildman–Crippen MR) is 73.7 cm³/mol. The molecule has 2 N–H and O–H groups in total. The highest BCUT2D eigenvalue weighted by molar-refractivity contribution is 8.00. The van der Waals surface area contributed by atoms with Crippen LogP contribution in [0.2, 0.25) is 0 Å². The summed E-state index contributed by atoms with van der Waals surface area (Å²) >= 11 is 0.697. The first-order chi connectivity index (χ1) is 9.33. The van der Waals surface area contributed by atoms with Gasteiger partial charge < -0.3 is 15.2 Å². The summed E-state index contributed by atoms with van der Waals surface area (Å²) in [4.78, 5) is 0.398. The van der Waals surface area contributed by atoms with Crippen molar-refractivity contribution in [3.63, 3.8) is 0 Å². The molecule has 114 valence electrons. The van der Waals surface area contributed by atoms with E-state index in [1.165, 1.54) is 14.2 Å². The molecule has 3 nitrogen and oxygen atoms in total. The van der Waals surface area contributed by atoms with Crippen LogP contribution in [0.1, 0.15) is 12.5 Å². The lowest BCUT2D eigenvalue weighted by Crippen LogP contribution is -2.22. The first kappa shape index (κ1) is 17.0. The van der Waals surface area contributed by atoms with E-state index in [0.717, 1.165) is 12.5 Å². The molecule has 0 heterocycles. The summed E-state index contributed by atoms with van der Waals surface area (Å²) in [5, 5.41) is -1.53. The Morgan fingerprint density at radius 2 is 1.80 bits per heavy atom. The van der Waals surface area contributed by atoms with E-state index in [9.17, 15) is 13.2 Å². The SMILES string of the molecule is COc1cc(SC(C)C(F)(F)F)c(OC)cc1CCN. The monoisotopic (exact) mass is 309 g/mol. The standard InChI is InChI=1S/C13H18F3NO2S/c1-8(13(14,15)16)20-12-7-10(18-2)9(4-5-17)6-11(12)19-3/h6-8H,4-5,17H2,1-3H3. The molecule has 0 aromatic heterocycles. The van der Waals surface area contributed by atoms with Crippen LogP contribution in [-0.2, 0) is 6.42 Å². The Bertz CT molecular complexity index is 452. The number of alkyl halides is 3. The molecule has 1 aromatic carbocycles. The number of ether oxygens (including phenoxy) is 2. The fourth-order valence-electron chi connectivity index (χ4n) is 1.63. The molecule has 1 rings (SSSR count). The maximum atomic E-state index is 12.6. The van der Waals surface area contributed by atoms with E-state index in [0.29, 0.717) is 41.1 Å². The Labute approximate surface area is 120 Å². The van der Waals surface area contributed by atoms with Crippen LogP contribution >= 0.6 is 11.8 Å². The second-order valence-electron chi connectivity index (χ2n) is 4.16. The minimum absolute atomic E-state index is 0.398. The number of methoxy groups -OCH3 is 2. The maximum Gasteiger partial charge on any atom is 0.400 e. The van der Waals surface area contributed by atoms with Crippen LogP contribution in [0.4, 0.5) is 13.2 Å². The average Bonchev–Trinajstić information content (AvgIpc) is 2.38. The normalized spacial score (nSPS) is 13.2. The van der Waals surface area contributed by atoms with Crippen molar-refractivity contribution in [2.45, 2.75) is 29.7 Å². The third-order valence-corrected chi connectivity index (χ3v) is 3.94. The number of rotatable bonds is 6. The third-order valence-electron chi connectivity index (χ3n) is 2.75. The van der Waals surface area contributed by atoms with Gasteiger partial charge in [0.1, 0.15) is 16.7 Å². The molecule has 0 bridgehead atoms. The molecule has 0 aliphatic rings. The molecule has 0 aliphatic heterocycles. The lowest BCUT2D eigenvalue weighted by Gasteiger charge is -2.18. The Hall–Kier alpha value is -1.08. The van der Waals surface area contributed by atoms with E-state index in [4.69, 9.17) is 15.2 Å². The van der Waals surface area contributed by atoms with Gasteiger partial charge in [-0.15, -0.1) is 11.8 Å². The number of nitrogens with two attached hydrogens (primary N) is 1. The Balaban J connectivity index is 3.12. The van der Waals surface area contributed by atoms with Crippen molar-refractivity contribution in [2.75, 3.05) is 20.8 Å². The Kier molecular flexibility index (Phi) is 6.01. The van der Waals surface area contributed by atoms with Crippen molar-refractivity contribution in [2.24, 2.45) is 5.73 Å². The Morgan fingerprint density at radius 1 is 1.20 bits per heavy atom. The molecule has 1 atom stereocenters. The Morgan fingerprint density at radius 3 is 2.25 bits per heavy atom. The smallest absolute Gasteiger partial charge is 0.400 e. The quantitative estimate of drug-likeness (QED) is 0.819. The molecule has 0 radical (unpaired) electrons. The van der Waals surface area contributed by atoms with Gasteiger partial charge in [-0.25, -0.2) is 0 Å². The van der Waals surface area contributed by atoms with Gasteiger partial charge in [-0.1, -0.05) is 0 Å². The maximum absolute atomic E-state index is 12.6. The summed E-state index contributed by atoms with van der Waals surface area (Å²) in [6.45, 7) is 1.54. The number of benzene rings is 1. The summed E-state index contributed by atoms with van der Waals surface area (Å²) in [6, 6.07) is 3.24. The molecule has 0 aliphatic carbocycles. The molecule has 0 fully saturated rings. The summed E-state index contributed by atoms with van der Waals surface area (Å²) in [7, 11) is 2.90. The number of halogens is 3. The minimum Gasteiger partial charge on any atom is -0.496 e. The number of hydrogen-bond acceptors (Lipinski definition) is 4. The van der Waals surface area contributed by atoms with Crippen molar-refractivity contribution >= 4 is 11.8 Å². The van der Waals surface area contributed by atoms with Gasteiger partial charge in [-0.05, 0) is 37.6 Å². The summed E-state index contributed by atoms with van der Waals surface area (Å²) < 4.78 is 48.3. The fraction of sp³-hybridized carbons (Fsp3) is 0.538. The molecule has 0 spiro atoms. The van der Waals surface area contributed by atoms with Crippen LogP contribution in [-0.4, -0.2) is 32.2 Å². The number of thioether (sulfide) groups is 1. The van der Waals surface area contributed by atoms with Gasteiger partial charge in [0.05, 0.1) is 19.1 Å². The van der Waals surface area contributed by atoms with Crippen LogP contribution in [0.15, 0.2) is 17.0 Å². The van der Waals surface area contributed by atoms with Gasteiger partial charge in [0.15, 0.2) is 0 Å². The van der Waals surface area contributed by atoms with E-state index in [1.54, 1.807) is 12.1 Å². The van der Waals surface area contributed by atoms with Crippen molar-refractivity contribution in [1.82, 2.24) is 0 Å². The second kappa shape index (κ2) is 7.08. The number of hydrogen-bond donors (Lipinski definition) is 1. The first-order valence-corrected chi connectivity index (χ1v) is 6.89. The summed E-state index contributed by atoms with van der Waals surface area (Å²) in [5.41, 5.74) is 6.32. The van der Waals surface area contributed by atoms with Crippen molar-refractivity contribution in [3.8, 4) is 11.5 Å². The van der Waals surface area contributed by atoms with E-state index in [2.05, 4.69) is 0 Å². The predicted octanol–water partition coefficient (Wildman–Crippen LogP) is 3.25. The largest absolute Gasteiger partial charge is 0.496 e. The van der Waals surface area contributed by atoms with Gasteiger partial charge in [-0.2, -0.15) is 13.2 Å². The lowest BCUT2D eigenvalue weighted by molar-refractivity contribution is -0.125. The van der Waals surface area contributed by atoms with E-state index in [-0.39, 0.29) is 0 Å². The molecular formula is C13H18F3NO2S. The zero-order valence-electron chi connectivity index (χ0n) is 11.6. The molecule has 0 amide bonds. The van der Waals surface area contributed by atoms with Gasteiger partial charge >= 0.3 is 6.18 Å². The lowest BCUT2D eigenvalue weighted by atomic mass is 10.1. The zero-order chi connectivity index (χ0) is 15.3. The highest BCUT2D eigenvalue weighted by atomic mass is 32.2. The molecule has 0 saturated heterocycles. The van der Waals surface area contributed by atoms with Gasteiger partial charge in [0.2, 0.25) is 0 Å². The van der Waals surface area contributed by atoms with Gasteiger partial charge in [-0.3, -0.25) is 0 Å². The summed E-state index contributed by atoms with van der Waals surface area (Å²) in [5.74, 6) is 0.920. The molecule has 7 heteroatoms. The topological polar surface area (TPSA) is 44.5 Å². The van der Waals surface area contributed by atoms with Crippen molar-refractivity contribution in [1.29, 1.82) is 0 Å². The highest BCUT2D eigenvalue weighted by Crippen LogP contribution is 2.41. The van der Waals surface area contributed by atoms with Crippen molar-refractivity contribution in [3.05, 3.63) is 17.7 Å². The van der Waals surface area contributed by atoms with Crippen LogP contribution in [0.5, 0.6) is 11.5 Å². The first-order valence-electron chi connectivity index (χ1n) is 6.01. The molecule has 1 unspecified atom stereocenters. The van der Waals surface area contributed by atoms with Gasteiger partial charge in [0, 0.05) is 0 Å².